The second kappa shape index (κ2) is 5.12. The maximum Gasteiger partial charge on any atom is 0.0544 e. The van der Waals surface area contributed by atoms with Crippen LogP contribution in [-0.4, -0.2) is 5.55 Å². The van der Waals surface area contributed by atoms with Gasteiger partial charge in [0.05, 0.1) is 5.55 Å². The lowest BCUT2D eigenvalue weighted by Crippen LogP contribution is -1.98. The van der Waals surface area contributed by atoms with Crippen molar-refractivity contribution in [3.8, 4) is 0 Å². The van der Waals surface area contributed by atoms with Gasteiger partial charge in [-0.05, 0) is 53.9 Å². The van der Waals surface area contributed by atoms with Crippen LogP contribution in [0.25, 0.3) is 0 Å². The van der Waals surface area contributed by atoms with E-state index in [4.69, 9.17) is 0 Å². The Morgan fingerprint density at radius 3 is 1.58 bits per heavy atom. The smallest absolute Gasteiger partial charge is 0.0544 e. The quantitative estimate of drug-likeness (QED) is 0.724. The minimum absolute atomic E-state index is 0.975. The van der Waals surface area contributed by atoms with E-state index >= 15 is 0 Å². The average Bonchev–Trinajstić information content (AvgIpc) is 2.91. The normalized spacial score (nSPS) is 17.6. The van der Waals surface area contributed by atoms with E-state index in [9.17, 15) is 0 Å². The highest BCUT2D eigenvalue weighted by Crippen LogP contribution is 2.63. The summed E-state index contributed by atoms with van der Waals surface area (Å²) in [5.41, 5.74) is 2.06. The van der Waals surface area contributed by atoms with E-state index in [0.29, 0.717) is 0 Å². The van der Waals surface area contributed by atoms with Gasteiger partial charge in [0.2, 0.25) is 0 Å². The molecule has 96 valence electrons. The summed E-state index contributed by atoms with van der Waals surface area (Å²) in [6.07, 6.45) is 1.89. The Hall–Kier alpha value is -1.10. The first-order valence-corrected chi connectivity index (χ1v) is 8.47. The first-order chi connectivity index (χ1) is 9.21. The summed E-state index contributed by atoms with van der Waals surface area (Å²) in [7, 11) is -1.29. The molecule has 4 heteroatoms. The Labute approximate surface area is 125 Å². The molecule has 0 spiro atoms. The van der Waals surface area contributed by atoms with Crippen molar-refractivity contribution in [3.05, 3.63) is 60.1 Å². The molecule has 0 saturated carbocycles. The lowest BCUT2D eigenvalue weighted by atomic mass is 10.4. The van der Waals surface area contributed by atoms with Gasteiger partial charge in [0.25, 0.3) is 0 Å². The van der Waals surface area contributed by atoms with E-state index < -0.39 is 10.0 Å². The predicted octanol–water partition coefficient (Wildman–Crippen LogP) is 5.00. The second-order valence-corrected chi connectivity index (χ2v) is 8.11. The minimum atomic E-state index is -1.29. The van der Waals surface area contributed by atoms with Crippen molar-refractivity contribution < 1.29 is 0 Å². The van der Waals surface area contributed by atoms with Crippen LogP contribution < -0.4 is 0 Å². The third-order valence-electron chi connectivity index (χ3n) is 3.04. The van der Waals surface area contributed by atoms with Crippen LogP contribution in [0.3, 0.4) is 0 Å². The molecule has 0 aromatic heterocycles. The molecule has 0 atom stereocenters. The van der Waals surface area contributed by atoms with Crippen molar-refractivity contribution in [1.82, 2.24) is 0 Å². The number of thiol groups is 2. The van der Waals surface area contributed by atoms with Gasteiger partial charge >= 0.3 is 0 Å². The molecule has 0 N–H and O–H groups in total. The molecule has 0 aliphatic carbocycles. The standard InChI is InChI=1S/C15H13NS3/c17-12-1-5-14(6-2-12)19(10-9-16-11-19)15-7-3-13(18)4-8-15/h1-11,17-18H. The van der Waals surface area contributed by atoms with Gasteiger partial charge in [-0.2, -0.15) is 0 Å². The molecule has 0 radical (unpaired) electrons. The molecular weight excluding hydrogens is 290 g/mol. The fraction of sp³-hybridized carbons (Fsp3) is 0. The molecule has 3 rings (SSSR count). The van der Waals surface area contributed by atoms with Crippen LogP contribution in [0, 0.1) is 0 Å². The van der Waals surface area contributed by atoms with Crippen molar-refractivity contribution in [2.75, 3.05) is 0 Å². The summed E-state index contributed by atoms with van der Waals surface area (Å²) in [4.78, 5) is 8.82. The number of hydrogen-bond acceptors (Lipinski definition) is 3. The number of rotatable bonds is 2. The first-order valence-electron chi connectivity index (χ1n) is 5.82. The van der Waals surface area contributed by atoms with E-state index in [2.05, 4.69) is 65.5 Å². The number of nitrogens with zero attached hydrogens (tertiary/aromatic N) is 1. The number of benzene rings is 2. The maximum atomic E-state index is 4.35. The van der Waals surface area contributed by atoms with Crippen molar-refractivity contribution in [2.24, 2.45) is 4.99 Å². The van der Waals surface area contributed by atoms with Crippen LogP contribution in [0.1, 0.15) is 0 Å². The first kappa shape index (κ1) is 12.9. The third-order valence-corrected chi connectivity index (χ3v) is 6.75. The van der Waals surface area contributed by atoms with Gasteiger partial charge in [0, 0.05) is 25.8 Å². The second-order valence-electron chi connectivity index (χ2n) is 4.24. The predicted molar refractivity (Wildman–Crippen MR) is 89.1 cm³/mol. The molecule has 2 aromatic carbocycles. The molecular formula is C15H13NS3. The Morgan fingerprint density at radius 1 is 0.737 bits per heavy atom. The van der Waals surface area contributed by atoms with Gasteiger partial charge < -0.3 is 0 Å². The highest BCUT2D eigenvalue weighted by Gasteiger charge is 2.26. The summed E-state index contributed by atoms with van der Waals surface area (Å²) in [6, 6.07) is 16.6. The van der Waals surface area contributed by atoms with Gasteiger partial charge in [-0.25, -0.2) is 0 Å². The topological polar surface area (TPSA) is 12.4 Å². The molecule has 0 bridgehead atoms. The molecule has 0 saturated heterocycles. The molecule has 1 aliphatic heterocycles. The highest BCUT2D eigenvalue weighted by molar-refractivity contribution is 8.46. The van der Waals surface area contributed by atoms with E-state index in [1.54, 1.807) is 0 Å². The molecule has 0 amide bonds. The molecule has 2 aromatic rings. The fourth-order valence-electron chi connectivity index (χ4n) is 2.05. The molecule has 1 aliphatic rings. The Balaban J connectivity index is 2.15. The Kier molecular flexibility index (Phi) is 3.48. The van der Waals surface area contributed by atoms with E-state index in [1.165, 1.54) is 9.79 Å². The van der Waals surface area contributed by atoms with Gasteiger partial charge in [-0.3, -0.25) is 4.99 Å². The Morgan fingerprint density at radius 2 is 1.21 bits per heavy atom. The molecule has 0 fully saturated rings. The van der Waals surface area contributed by atoms with Crippen LogP contribution >= 0.6 is 35.3 Å². The largest absolute Gasteiger partial charge is 0.258 e. The van der Waals surface area contributed by atoms with Crippen molar-refractivity contribution in [1.29, 1.82) is 0 Å². The molecule has 1 nitrogen and oxygen atoms in total. The van der Waals surface area contributed by atoms with E-state index in [0.717, 1.165) is 9.79 Å². The van der Waals surface area contributed by atoms with Crippen LogP contribution in [0.15, 0.2) is 84.7 Å². The zero-order chi connectivity index (χ0) is 13.3. The SMILES string of the molecule is Sc1ccc(S2(c3ccc(S)cc3)C=CN=C2)cc1. The lowest BCUT2D eigenvalue weighted by molar-refractivity contribution is 1.31. The number of aliphatic imine (C=N–C) groups is 1. The summed E-state index contributed by atoms with van der Waals surface area (Å²) >= 11 is 8.70. The van der Waals surface area contributed by atoms with E-state index in [1.807, 2.05) is 30.5 Å². The highest BCUT2D eigenvalue weighted by atomic mass is 32.3. The molecule has 19 heavy (non-hydrogen) atoms. The zero-order valence-corrected chi connectivity index (χ0v) is 12.7. The summed E-state index contributed by atoms with van der Waals surface area (Å²) < 4.78 is 0. The maximum absolute atomic E-state index is 4.35. The van der Waals surface area contributed by atoms with Crippen LogP contribution in [0.5, 0.6) is 0 Å². The van der Waals surface area contributed by atoms with Crippen LogP contribution in [0.4, 0.5) is 0 Å². The van der Waals surface area contributed by atoms with Crippen molar-refractivity contribution >= 4 is 40.8 Å². The number of hydrogen-bond donors (Lipinski definition) is 2. The summed E-state index contributed by atoms with van der Waals surface area (Å²) in [5.74, 6) is 0. The molecule has 1 heterocycles. The van der Waals surface area contributed by atoms with Gasteiger partial charge in [0.15, 0.2) is 0 Å². The zero-order valence-electron chi connectivity index (χ0n) is 10.1. The third kappa shape index (κ3) is 2.36. The van der Waals surface area contributed by atoms with Crippen LogP contribution in [-0.2, 0) is 0 Å². The van der Waals surface area contributed by atoms with Gasteiger partial charge in [0.1, 0.15) is 0 Å². The van der Waals surface area contributed by atoms with Crippen molar-refractivity contribution in [3.63, 3.8) is 0 Å². The average molecular weight is 303 g/mol. The fourth-order valence-corrected chi connectivity index (χ4v) is 4.95. The monoisotopic (exact) mass is 303 g/mol. The van der Waals surface area contributed by atoms with Crippen molar-refractivity contribution in [2.45, 2.75) is 19.6 Å². The lowest BCUT2D eigenvalue weighted by Gasteiger charge is -2.31. The summed E-state index contributed by atoms with van der Waals surface area (Å²) in [5, 5.41) is 2.20. The Bertz CT molecular complexity index is 583. The van der Waals surface area contributed by atoms with Gasteiger partial charge in [-0.1, -0.05) is 0 Å². The summed E-state index contributed by atoms with van der Waals surface area (Å²) in [6.45, 7) is 0. The minimum Gasteiger partial charge on any atom is -0.258 e. The molecule has 0 unspecified atom stereocenters. The van der Waals surface area contributed by atoms with E-state index in [-0.39, 0.29) is 0 Å². The van der Waals surface area contributed by atoms with Crippen LogP contribution in [0.2, 0.25) is 0 Å². The van der Waals surface area contributed by atoms with Gasteiger partial charge in [-0.15, -0.1) is 35.3 Å².